The van der Waals surface area contributed by atoms with Crippen LogP contribution in [0.2, 0.25) is 0 Å². The highest BCUT2D eigenvalue weighted by Crippen LogP contribution is 2.13. The van der Waals surface area contributed by atoms with Crippen molar-refractivity contribution in [1.29, 1.82) is 0 Å². The lowest BCUT2D eigenvalue weighted by Gasteiger charge is -2.07. The molecule has 1 aromatic rings. The Morgan fingerprint density at radius 1 is 1.35 bits per heavy atom. The minimum absolute atomic E-state index is 0.487. The van der Waals surface area contributed by atoms with E-state index >= 15 is 0 Å². The lowest BCUT2D eigenvalue weighted by molar-refractivity contribution is 0.355. The zero-order chi connectivity index (χ0) is 12.7. The molecule has 0 saturated carbocycles. The van der Waals surface area contributed by atoms with Gasteiger partial charge in [-0.15, -0.1) is 0 Å². The Bertz CT molecular complexity index is 314. The Morgan fingerprint density at radius 2 is 2.12 bits per heavy atom. The first-order chi connectivity index (χ1) is 8.11. The molecule has 0 fully saturated rings. The maximum atomic E-state index is 5.18. The summed E-state index contributed by atoms with van der Waals surface area (Å²) in [5.41, 5.74) is 0. The number of nitrogens with one attached hydrogen (secondary N) is 1. The van der Waals surface area contributed by atoms with E-state index in [-0.39, 0.29) is 0 Å². The van der Waals surface area contributed by atoms with Crippen LogP contribution in [-0.4, -0.2) is 21.9 Å². The van der Waals surface area contributed by atoms with E-state index in [1.807, 2.05) is 11.8 Å². The number of thioether (sulfide) groups is 1. The smallest absolute Gasteiger partial charge is 0.240 e. The molecule has 1 aromatic heterocycles. The van der Waals surface area contributed by atoms with Gasteiger partial charge in [-0.05, 0) is 25.0 Å². The molecule has 0 aliphatic heterocycles. The van der Waals surface area contributed by atoms with Crippen LogP contribution in [0.1, 0.15) is 45.8 Å². The molecule has 0 bridgehead atoms. The van der Waals surface area contributed by atoms with Crippen molar-refractivity contribution in [2.45, 2.75) is 52.5 Å². The lowest BCUT2D eigenvalue weighted by atomic mass is 10.3. The van der Waals surface area contributed by atoms with Crippen LogP contribution in [-0.2, 0) is 12.3 Å². The highest BCUT2D eigenvalue weighted by atomic mass is 32.2. The minimum atomic E-state index is 0.487. The fraction of sp³-hybridized carbons (Fsp3) is 0.833. The van der Waals surface area contributed by atoms with Gasteiger partial charge < -0.3 is 9.84 Å². The topological polar surface area (TPSA) is 51.0 Å². The molecule has 1 heterocycles. The summed E-state index contributed by atoms with van der Waals surface area (Å²) in [6, 6.07) is 0.487. The van der Waals surface area contributed by atoms with Crippen molar-refractivity contribution in [2.24, 2.45) is 5.92 Å². The zero-order valence-corrected chi connectivity index (χ0v) is 12.0. The third kappa shape index (κ3) is 6.07. The van der Waals surface area contributed by atoms with Crippen LogP contribution in [0.4, 0.5) is 0 Å². The predicted molar refractivity (Wildman–Crippen MR) is 71.9 cm³/mol. The van der Waals surface area contributed by atoms with Crippen molar-refractivity contribution in [3.63, 3.8) is 0 Å². The summed E-state index contributed by atoms with van der Waals surface area (Å²) in [6.45, 7) is 9.39. The Hall–Kier alpha value is -0.550. The highest BCUT2D eigenvalue weighted by molar-refractivity contribution is 7.98. The maximum Gasteiger partial charge on any atom is 0.240 e. The molecule has 0 aliphatic rings. The monoisotopic (exact) mass is 257 g/mol. The van der Waals surface area contributed by atoms with E-state index in [1.54, 1.807) is 0 Å². The van der Waals surface area contributed by atoms with Crippen LogP contribution in [0.3, 0.4) is 0 Å². The summed E-state index contributed by atoms with van der Waals surface area (Å²) in [6.07, 6.45) is 1.10. The second-order valence-corrected chi connectivity index (χ2v) is 5.73. The van der Waals surface area contributed by atoms with Crippen molar-refractivity contribution >= 4 is 11.8 Å². The highest BCUT2D eigenvalue weighted by Gasteiger charge is 2.07. The summed E-state index contributed by atoms with van der Waals surface area (Å²) >= 11 is 1.85. The van der Waals surface area contributed by atoms with Gasteiger partial charge in [0.2, 0.25) is 5.89 Å². The largest absolute Gasteiger partial charge is 0.338 e. The Kier molecular flexibility index (Phi) is 6.58. The van der Waals surface area contributed by atoms with Gasteiger partial charge in [0.25, 0.3) is 0 Å². The molecule has 4 nitrogen and oxygen atoms in total. The zero-order valence-electron chi connectivity index (χ0n) is 11.2. The molecule has 1 atom stereocenters. The van der Waals surface area contributed by atoms with Gasteiger partial charge in [-0.3, -0.25) is 0 Å². The molecule has 0 spiro atoms. The van der Waals surface area contributed by atoms with Crippen molar-refractivity contribution in [3.8, 4) is 0 Å². The standard InChI is InChI=1S/C12H23N3OS/c1-5-10(4)13-6-12-14-11(15-16-12)8-17-7-9(2)3/h9-10,13H,5-8H2,1-4H3. The van der Waals surface area contributed by atoms with Gasteiger partial charge in [0.05, 0.1) is 12.3 Å². The van der Waals surface area contributed by atoms with Crippen LogP contribution in [0.5, 0.6) is 0 Å². The van der Waals surface area contributed by atoms with E-state index in [9.17, 15) is 0 Å². The van der Waals surface area contributed by atoms with E-state index in [2.05, 4.69) is 43.2 Å². The molecule has 98 valence electrons. The van der Waals surface area contributed by atoms with E-state index in [4.69, 9.17) is 4.52 Å². The average molecular weight is 257 g/mol. The van der Waals surface area contributed by atoms with Crippen LogP contribution < -0.4 is 5.32 Å². The summed E-state index contributed by atoms with van der Waals surface area (Å²) < 4.78 is 5.18. The number of aromatic nitrogens is 2. The molecule has 0 amide bonds. The Labute approximate surface area is 108 Å². The predicted octanol–water partition coefficient (Wildman–Crippen LogP) is 2.85. The molecule has 17 heavy (non-hydrogen) atoms. The Balaban J connectivity index is 2.27. The SMILES string of the molecule is CCC(C)NCc1nc(CSCC(C)C)no1. The van der Waals surface area contributed by atoms with E-state index in [0.717, 1.165) is 23.8 Å². The normalized spacial score (nSPS) is 13.2. The molecule has 0 saturated heterocycles. The first kappa shape index (κ1) is 14.5. The van der Waals surface area contributed by atoms with E-state index < -0.39 is 0 Å². The third-order valence-electron chi connectivity index (χ3n) is 2.41. The van der Waals surface area contributed by atoms with Crippen LogP contribution in [0.15, 0.2) is 4.52 Å². The van der Waals surface area contributed by atoms with Gasteiger partial charge in [-0.25, -0.2) is 0 Å². The molecule has 1 unspecified atom stereocenters. The second kappa shape index (κ2) is 7.71. The first-order valence-corrected chi connectivity index (χ1v) is 7.39. The molecule has 0 radical (unpaired) electrons. The van der Waals surface area contributed by atoms with Crippen molar-refractivity contribution in [1.82, 2.24) is 15.5 Å². The fourth-order valence-corrected chi connectivity index (χ4v) is 2.10. The molecular formula is C12H23N3OS. The van der Waals surface area contributed by atoms with Crippen molar-refractivity contribution < 1.29 is 4.52 Å². The van der Waals surface area contributed by atoms with E-state index in [1.165, 1.54) is 0 Å². The summed E-state index contributed by atoms with van der Waals surface area (Å²) in [5.74, 6) is 4.17. The molecule has 1 N–H and O–H groups in total. The van der Waals surface area contributed by atoms with Gasteiger partial charge in [0.15, 0.2) is 5.82 Å². The minimum Gasteiger partial charge on any atom is -0.338 e. The quantitative estimate of drug-likeness (QED) is 0.776. The molecule has 0 aromatic carbocycles. The van der Waals surface area contributed by atoms with Gasteiger partial charge in [0, 0.05) is 6.04 Å². The van der Waals surface area contributed by atoms with E-state index in [0.29, 0.717) is 24.4 Å². The van der Waals surface area contributed by atoms with Gasteiger partial charge in [-0.1, -0.05) is 25.9 Å². The average Bonchev–Trinajstić information content (AvgIpc) is 2.73. The molecular weight excluding hydrogens is 234 g/mol. The number of hydrogen-bond acceptors (Lipinski definition) is 5. The van der Waals surface area contributed by atoms with Crippen molar-refractivity contribution in [2.75, 3.05) is 5.75 Å². The molecule has 1 rings (SSSR count). The summed E-state index contributed by atoms with van der Waals surface area (Å²) in [4.78, 5) is 4.35. The lowest BCUT2D eigenvalue weighted by Crippen LogP contribution is -2.24. The molecule has 5 heteroatoms. The maximum absolute atomic E-state index is 5.18. The van der Waals surface area contributed by atoms with Gasteiger partial charge in [-0.2, -0.15) is 16.7 Å². The fourth-order valence-electron chi connectivity index (χ4n) is 1.21. The number of rotatable bonds is 8. The third-order valence-corrected chi connectivity index (χ3v) is 3.77. The molecule has 0 aliphatic carbocycles. The first-order valence-electron chi connectivity index (χ1n) is 6.24. The summed E-state index contributed by atoms with van der Waals surface area (Å²) in [7, 11) is 0. The summed E-state index contributed by atoms with van der Waals surface area (Å²) in [5, 5.41) is 7.30. The Morgan fingerprint density at radius 3 is 2.76 bits per heavy atom. The van der Waals surface area contributed by atoms with Gasteiger partial charge in [0.1, 0.15) is 0 Å². The van der Waals surface area contributed by atoms with Crippen molar-refractivity contribution in [3.05, 3.63) is 11.7 Å². The van der Waals surface area contributed by atoms with Crippen LogP contribution in [0, 0.1) is 5.92 Å². The van der Waals surface area contributed by atoms with Crippen LogP contribution in [0.25, 0.3) is 0 Å². The number of hydrogen-bond donors (Lipinski definition) is 1. The second-order valence-electron chi connectivity index (χ2n) is 4.70. The number of nitrogens with zero attached hydrogens (tertiary/aromatic N) is 2. The van der Waals surface area contributed by atoms with Gasteiger partial charge >= 0.3 is 0 Å². The van der Waals surface area contributed by atoms with Crippen LogP contribution >= 0.6 is 11.8 Å².